The van der Waals surface area contributed by atoms with Gasteiger partial charge in [-0.15, -0.1) is 0 Å². The number of rotatable bonds is 5. The van der Waals surface area contributed by atoms with E-state index in [9.17, 15) is 4.79 Å². The molecule has 0 saturated carbocycles. The van der Waals surface area contributed by atoms with E-state index < -0.39 is 0 Å². The van der Waals surface area contributed by atoms with E-state index >= 15 is 0 Å². The maximum Gasteiger partial charge on any atom is 0.248 e. The maximum atomic E-state index is 12.2. The number of hydrogen-bond acceptors (Lipinski definition) is 2. The van der Waals surface area contributed by atoms with E-state index in [1.165, 1.54) is 6.08 Å². The van der Waals surface area contributed by atoms with Crippen LogP contribution in [0.5, 0.6) is 0 Å². The molecule has 0 atom stereocenters. The number of aryl methyl sites for hydroxylation is 3. The quantitative estimate of drug-likeness (QED) is 0.793. The van der Waals surface area contributed by atoms with Crippen LogP contribution in [0, 0.1) is 26.7 Å². The van der Waals surface area contributed by atoms with E-state index in [1.807, 2.05) is 39.0 Å². The van der Waals surface area contributed by atoms with Crippen molar-refractivity contribution in [1.29, 1.82) is 0 Å². The summed E-state index contributed by atoms with van der Waals surface area (Å²) in [5.41, 5.74) is 4.53. The number of aromatic nitrogens is 2. The highest BCUT2D eigenvalue weighted by Crippen LogP contribution is 2.23. The fourth-order valence-corrected chi connectivity index (χ4v) is 2.87. The van der Waals surface area contributed by atoms with E-state index in [1.54, 1.807) is 10.8 Å². The van der Waals surface area contributed by atoms with Crippen LogP contribution in [0.25, 0.3) is 6.08 Å². The average molecular weight is 346 g/mol. The number of benzene rings is 1. The minimum absolute atomic E-state index is 0.181. The third-order valence-electron chi connectivity index (χ3n) is 3.78. The molecule has 1 N–H and O–H groups in total. The van der Waals surface area contributed by atoms with Crippen molar-refractivity contribution >= 4 is 29.3 Å². The second kappa shape index (κ2) is 7.67. The lowest BCUT2D eigenvalue weighted by Gasteiger charge is -2.09. The van der Waals surface area contributed by atoms with E-state index in [0.717, 1.165) is 34.6 Å². The van der Waals surface area contributed by atoms with Gasteiger partial charge in [-0.2, -0.15) is 5.10 Å². The first-order valence-electron chi connectivity index (χ1n) is 8.07. The summed E-state index contributed by atoms with van der Waals surface area (Å²) in [6.45, 7) is 10.8. The molecule has 0 aliphatic carbocycles. The van der Waals surface area contributed by atoms with Gasteiger partial charge in [0.2, 0.25) is 5.91 Å². The lowest BCUT2D eigenvalue weighted by atomic mass is 10.1. The Labute approximate surface area is 148 Å². The van der Waals surface area contributed by atoms with E-state index in [-0.39, 0.29) is 5.91 Å². The third kappa shape index (κ3) is 4.26. The first kappa shape index (κ1) is 18.3. The standard InChI is InChI=1S/C19H24ClN3O/c1-12(2)11-23-19(20)16(15(5)22-23)9-10-17(24)21-18-13(3)7-6-8-14(18)4/h6-10,12H,11H2,1-5H3,(H,21,24)/b10-9+. The zero-order valence-corrected chi connectivity index (χ0v) is 15.6. The third-order valence-corrected chi connectivity index (χ3v) is 4.18. The molecule has 4 nitrogen and oxygen atoms in total. The van der Waals surface area contributed by atoms with Crippen molar-refractivity contribution in [1.82, 2.24) is 9.78 Å². The molecule has 0 aliphatic heterocycles. The Morgan fingerprint density at radius 1 is 1.29 bits per heavy atom. The Morgan fingerprint density at radius 2 is 1.92 bits per heavy atom. The highest BCUT2D eigenvalue weighted by Gasteiger charge is 2.12. The summed E-state index contributed by atoms with van der Waals surface area (Å²) < 4.78 is 1.78. The molecule has 128 valence electrons. The highest BCUT2D eigenvalue weighted by atomic mass is 35.5. The second-order valence-electron chi connectivity index (χ2n) is 6.46. The largest absolute Gasteiger partial charge is 0.322 e. The number of nitrogens with zero attached hydrogens (tertiary/aromatic N) is 2. The summed E-state index contributed by atoms with van der Waals surface area (Å²) >= 11 is 6.39. The van der Waals surface area contributed by atoms with Crippen molar-refractivity contribution in [3.8, 4) is 0 Å². The lowest BCUT2D eigenvalue weighted by Crippen LogP contribution is -2.10. The summed E-state index contributed by atoms with van der Waals surface area (Å²) in [6.07, 6.45) is 3.23. The van der Waals surface area contributed by atoms with Crippen LogP contribution in [0.3, 0.4) is 0 Å². The number of anilines is 1. The molecule has 0 saturated heterocycles. The number of carbonyl (C=O) groups is 1. The molecule has 2 aromatic rings. The molecule has 2 rings (SSSR count). The Morgan fingerprint density at radius 3 is 2.50 bits per heavy atom. The molecule has 0 spiro atoms. The maximum absolute atomic E-state index is 12.2. The molecule has 0 bridgehead atoms. The molecule has 1 aromatic carbocycles. The zero-order valence-electron chi connectivity index (χ0n) is 14.9. The molecule has 0 radical (unpaired) electrons. The normalized spacial score (nSPS) is 11.5. The van der Waals surface area contributed by atoms with Gasteiger partial charge < -0.3 is 5.32 Å². The summed E-state index contributed by atoms with van der Waals surface area (Å²) in [7, 11) is 0. The van der Waals surface area contributed by atoms with E-state index in [0.29, 0.717) is 11.1 Å². The van der Waals surface area contributed by atoms with Crippen molar-refractivity contribution in [3.05, 3.63) is 51.8 Å². The van der Waals surface area contributed by atoms with Gasteiger partial charge in [-0.1, -0.05) is 43.6 Å². The van der Waals surface area contributed by atoms with Gasteiger partial charge in [-0.3, -0.25) is 9.48 Å². The summed E-state index contributed by atoms with van der Waals surface area (Å²) in [5, 5.41) is 7.94. The van der Waals surface area contributed by atoms with Crippen LogP contribution in [-0.2, 0) is 11.3 Å². The molecular formula is C19H24ClN3O. The monoisotopic (exact) mass is 345 g/mol. The molecule has 0 unspecified atom stereocenters. The predicted molar refractivity (Wildman–Crippen MR) is 100 cm³/mol. The topological polar surface area (TPSA) is 46.9 Å². The van der Waals surface area contributed by atoms with Gasteiger partial charge in [0.15, 0.2) is 0 Å². The number of para-hydroxylation sites is 1. The number of nitrogens with one attached hydrogen (secondary N) is 1. The Kier molecular flexibility index (Phi) is 5.84. The van der Waals surface area contributed by atoms with Crippen LogP contribution < -0.4 is 5.32 Å². The van der Waals surface area contributed by atoms with Crippen molar-refractivity contribution in [2.75, 3.05) is 5.32 Å². The van der Waals surface area contributed by atoms with Crippen LogP contribution in [0.15, 0.2) is 24.3 Å². The molecule has 1 amide bonds. The van der Waals surface area contributed by atoms with Gasteiger partial charge in [-0.25, -0.2) is 0 Å². The number of carbonyl (C=O) groups excluding carboxylic acids is 1. The first-order chi connectivity index (χ1) is 11.3. The molecule has 24 heavy (non-hydrogen) atoms. The van der Waals surface area contributed by atoms with Crippen LogP contribution in [-0.4, -0.2) is 15.7 Å². The molecule has 1 heterocycles. The van der Waals surface area contributed by atoms with Gasteiger partial charge in [0.1, 0.15) is 5.15 Å². The molecule has 5 heteroatoms. The van der Waals surface area contributed by atoms with Crippen LogP contribution in [0.4, 0.5) is 5.69 Å². The van der Waals surface area contributed by atoms with Gasteiger partial charge in [0.05, 0.1) is 5.69 Å². The van der Waals surface area contributed by atoms with Crippen LogP contribution in [0.2, 0.25) is 5.15 Å². The van der Waals surface area contributed by atoms with Gasteiger partial charge in [-0.05, 0) is 43.9 Å². The van der Waals surface area contributed by atoms with Crippen LogP contribution in [0.1, 0.15) is 36.2 Å². The van der Waals surface area contributed by atoms with Crippen molar-refractivity contribution in [2.45, 2.75) is 41.2 Å². The SMILES string of the molecule is Cc1cccc(C)c1NC(=O)/C=C/c1c(C)nn(CC(C)C)c1Cl. The Hall–Kier alpha value is -2.07. The van der Waals surface area contributed by atoms with E-state index in [2.05, 4.69) is 24.3 Å². The minimum Gasteiger partial charge on any atom is -0.322 e. The smallest absolute Gasteiger partial charge is 0.248 e. The highest BCUT2D eigenvalue weighted by molar-refractivity contribution is 6.31. The summed E-state index contributed by atoms with van der Waals surface area (Å²) in [5.74, 6) is 0.269. The van der Waals surface area contributed by atoms with Gasteiger partial charge in [0.25, 0.3) is 0 Å². The molecule has 0 fully saturated rings. The fraction of sp³-hybridized carbons (Fsp3) is 0.368. The number of halogens is 1. The van der Waals surface area contributed by atoms with Crippen molar-refractivity contribution < 1.29 is 4.79 Å². The van der Waals surface area contributed by atoms with Gasteiger partial charge >= 0.3 is 0 Å². The molecule has 0 aliphatic rings. The molecule has 1 aromatic heterocycles. The lowest BCUT2D eigenvalue weighted by molar-refractivity contribution is -0.111. The zero-order chi connectivity index (χ0) is 17.9. The Bertz CT molecular complexity index is 755. The number of hydrogen-bond donors (Lipinski definition) is 1. The second-order valence-corrected chi connectivity index (χ2v) is 6.81. The Balaban J connectivity index is 2.16. The predicted octanol–water partition coefficient (Wildman–Crippen LogP) is 4.77. The van der Waals surface area contributed by atoms with Gasteiger partial charge in [0, 0.05) is 23.9 Å². The summed E-state index contributed by atoms with van der Waals surface area (Å²) in [4.78, 5) is 12.2. The number of amides is 1. The van der Waals surface area contributed by atoms with Crippen molar-refractivity contribution in [3.63, 3.8) is 0 Å². The fourth-order valence-electron chi connectivity index (χ4n) is 2.56. The minimum atomic E-state index is -0.181. The van der Waals surface area contributed by atoms with E-state index in [4.69, 9.17) is 11.6 Å². The van der Waals surface area contributed by atoms with Crippen LogP contribution >= 0.6 is 11.6 Å². The summed E-state index contributed by atoms with van der Waals surface area (Å²) in [6, 6.07) is 5.93. The average Bonchev–Trinajstić information content (AvgIpc) is 2.75. The van der Waals surface area contributed by atoms with Crippen molar-refractivity contribution in [2.24, 2.45) is 5.92 Å². The molecular weight excluding hydrogens is 322 g/mol. The first-order valence-corrected chi connectivity index (χ1v) is 8.45.